The van der Waals surface area contributed by atoms with Gasteiger partial charge in [0.1, 0.15) is 5.82 Å². The van der Waals surface area contributed by atoms with Crippen molar-refractivity contribution in [3.63, 3.8) is 0 Å². The number of benzene rings is 2. The second-order valence-corrected chi connectivity index (χ2v) is 6.90. The van der Waals surface area contributed by atoms with Crippen LogP contribution in [0, 0.1) is 13.8 Å². The molecule has 130 valence electrons. The minimum absolute atomic E-state index is 0.502. The SMILES string of the molecule is Cc1nc2c(-c3ccccc3)cnn2c(Nc2ccc(Cl)c(Cl)c2)c1C. The van der Waals surface area contributed by atoms with E-state index in [4.69, 9.17) is 28.2 Å². The van der Waals surface area contributed by atoms with E-state index in [1.807, 2.05) is 48.8 Å². The summed E-state index contributed by atoms with van der Waals surface area (Å²) in [5.74, 6) is 0.855. The first-order chi connectivity index (χ1) is 12.5. The highest BCUT2D eigenvalue weighted by Crippen LogP contribution is 2.31. The van der Waals surface area contributed by atoms with Crippen molar-refractivity contribution in [3.8, 4) is 11.1 Å². The van der Waals surface area contributed by atoms with Crippen LogP contribution in [0.5, 0.6) is 0 Å². The first-order valence-electron chi connectivity index (χ1n) is 8.17. The molecule has 2 heterocycles. The molecule has 0 fully saturated rings. The van der Waals surface area contributed by atoms with Gasteiger partial charge in [0.15, 0.2) is 5.65 Å². The molecule has 4 aromatic rings. The van der Waals surface area contributed by atoms with Crippen molar-refractivity contribution in [2.24, 2.45) is 0 Å². The van der Waals surface area contributed by atoms with Crippen LogP contribution in [-0.2, 0) is 0 Å². The van der Waals surface area contributed by atoms with Crippen LogP contribution in [0.15, 0.2) is 54.7 Å². The van der Waals surface area contributed by atoms with Gasteiger partial charge in [0, 0.05) is 22.5 Å². The second kappa shape index (κ2) is 6.63. The van der Waals surface area contributed by atoms with Crippen LogP contribution in [-0.4, -0.2) is 14.6 Å². The Morgan fingerprint density at radius 1 is 0.962 bits per heavy atom. The molecule has 0 aliphatic heterocycles. The number of nitrogens with zero attached hydrogens (tertiary/aromatic N) is 3. The van der Waals surface area contributed by atoms with E-state index in [2.05, 4.69) is 22.5 Å². The Bertz CT molecular complexity index is 1100. The fourth-order valence-corrected chi connectivity index (χ4v) is 3.16. The summed E-state index contributed by atoms with van der Waals surface area (Å²) in [7, 11) is 0. The minimum atomic E-state index is 0.502. The van der Waals surface area contributed by atoms with Gasteiger partial charge in [-0.1, -0.05) is 53.5 Å². The maximum absolute atomic E-state index is 6.15. The average Bonchev–Trinajstić information content (AvgIpc) is 3.06. The second-order valence-electron chi connectivity index (χ2n) is 6.08. The molecule has 0 aliphatic rings. The van der Waals surface area contributed by atoms with Gasteiger partial charge in [0.2, 0.25) is 0 Å². The smallest absolute Gasteiger partial charge is 0.165 e. The Kier molecular flexibility index (Phi) is 4.31. The van der Waals surface area contributed by atoms with E-state index >= 15 is 0 Å². The molecule has 0 bridgehead atoms. The van der Waals surface area contributed by atoms with Gasteiger partial charge in [0.05, 0.1) is 16.2 Å². The summed E-state index contributed by atoms with van der Waals surface area (Å²) in [6.45, 7) is 4.02. The molecule has 4 nitrogen and oxygen atoms in total. The van der Waals surface area contributed by atoms with Gasteiger partial charge in [-0.3, -0.25) is 0 Å². The third-order valence-corrected chi connectivity index (χ3v) is 5.13. The van der Waals surface area contributed by atoms with Gasteiger partial charge in [0.25, 0.3) is 0 Å². The van der Waals surface area contributed by atoms with Crippen molar-refractivity contribution in [3.05, 3.63) is 76.0 Å². The Balaban J connectivity index is 1.87. The van der Waals surface area contributed by atoms with E-state index in [-0.39, 0.29) is 0 Å². The summed E-state index contributed by atoms with van der Waals surface area (Å²) in [5, 5.41) is 9.00. The fraction of sp³-hybridized carbons (Fsp3) is 0.100. The zero-order valence-corrected chi connectivity index (χ0v) is 15.8. The Morgan fingerprint density at radius 2 is 1.73 bits per heavy atom. The predicted molar refractivity (Wildman–Crippen MR) is 108 cm³/mol. The molecule has 4 rings (SSSR count). The molecule has 0 saturated carbocycles. The number of hydrogen-bond acceptors (Lipinski definition) is 3. The van der Waals surface area contributed by atoms with Gasteiger partial charge < -0.3 is 5.32 Å². The highest BCUT2D eigenvalue weighted by molar-refractivity contribution is 6.42. The van der Waals surface area contributed by atoms with Crippen molar-refractivity contribution < 1.29 is 0 Å². The number of aromatic nitrogens is 3. The van der Waals surface area contributed by atoms with Crippen LogP contribution < -0.4 is 5.32 Å². The van der Waals surface area contributed by atoms with Crippen LogP contribution in [0.25, 0.3) is 16.8 Å². The van der Waals surface area contributed by atoms with E-state index in [9.17, 15) is 0 Å². The Morgan fingerprint density at radius 3 is 2.46 bits per heavy atom. The summed E-state index contributed by atoms with van der Waals surface area (Å²) in [6, 6.07) is 15.6. The van der Waals surface area contributed by atoms with E-state index in [1.54, 1.807) is 12.1 Å². The van der Waals surface area contributed by atoms with Crippen LogP contribution in [0.1, 0.15) is 11.3 Å². The van der Waals surface area contributed by atoms with Gasteiger partial charge in [-0.05, 0) is 37.6 Å². The van der Waals surface area contributed by atoms with Crippen molar-refractivity contribution in [2.75, 3.05) is 5.32 Å². The highest BCUT2D eigenvalue weighted by Gasteiger charge is 2.15. The van der Waals surface area contributed by atoms with Crippen molar-refractivity contribution in [1.29, 1.82) is 0 Å². The van der Waals surface area contributed by atoms with Crippen LogP contribution >= 0.6 is 23.2 Å². The largest absolute Gasteiger partial charge is 0.340 e. The summed E-state index contributed by atoms with van der Waals surface area (Å²) < 4.78 is 1.83. The Labute approximate surface area is 161 Å². The molecule has 0 atom stereocenters. The van der Waals surface area contributed by atoms with Gasteiger partial charge in [-0.15, -0.1) is 0 Å². The predicted octanol–water partition coefficient (Wildman–Crippen LogP) is 6.06. The molecule has 0 radical (unpaired) electrons. The normalized spacial score (nSPS) is 11.1. The maximum atomic E-state index is 6.15. The summed E-state index contributed by atoms with van der Waals surface area (Å²) in [6.07, 6.45) is 1.84. The van der Waals surface area contributed by atoms with Crippen molar-refractivity contribution in [2.45, 2.75) is 13.8 Å². The van der Waals surface area contributed by atoms with Crippen molar-refractivity contribution >= 4 is 40.4 Å². The number of rotatable bonds is 3. The first kappa shape index (κ1) is 16.9. The van der Waals surface area contributed by atoms with E-state index < -0.39 is 0 Å². The molecular formula is C20H16Cl2N4. The number of nitrogens with one attached hydrogen (secondary N) is 1. The number of anilines is 2. The monoisotopic (exact) mass is 382 g/mol. The molecule has 0 amide bonds. The molecule has 2 aromatic carbocycles. The number of hydrogen-bond donors (Lipinski definition) is 1. The van der Waals surface area contributed by atoms with Gasteiger partial charge >= 0.3 is 0 Å². The fourth-order valence-electron chi connectivity index (χ4n) is 2.86. The molecule has 6 heteroatoms. The number of fused-ring (bicyclic) bond motifs is 1. The maximum Gasteiger partial charge on any atom is 0.165 e. The Hall–Kier alpha value is -2.56. The summed E-state index contributed by atoms with van der Waals surface area (Å²) in [5.41, 5.74) is 5.68. The van der Waals surface area contributed by atoms with Crippen LogP contribution in [0.4, 0.5) is 11.5 Å². The molecule has 0 saturated heterocycles. The highest BCUT2D eigenvalue weighted by atomic mass is 35.5. The summed E-state index contributed by atoms with van der Waals surface area (Å²) in [4.78, 5) is 4.76. The lowest BCUT2D eigenvalue weighted by molar-refractivity contribution is 0.924. The van der Waals surface area contributed by atoms with Crippen molar-refractivity contribution in [1.82, 2.24) is 14.6 Å². The standard InChI is InChI=1S/C20H16Cl2N4/c1-12-13(2)24-20-16(14-6-4-3-5-7-14)11-23-26(20)19(12)25-15-8-9-17(21)18(22)10-15/h3-11,25H,1-2H3. The van der Waals surface area contributed by atoms with E-state index in [1.165, 1.54) is 0 Å². The molecular weight excluding hydrogens is 367 g/mol. The van der Waals surface area contributed by atoms with Crippen LogP contribution in [0.2, 0.25) is 10.0 Å². The van der Waals surface area contributed by atoms with E-state index in [0.29, 0.717) is 10.0 Å². The average molecular weight is 383 g/mol. The first-order valence-corrected chi connectivity index (χ1v) is 8.92. The third-order valence-electron chi connectivity index (χ3n) is 4.39. The number of halogens is 2. The lowest BCUT2D eigenvalue weighted by Crippen LogP contribution is -2.06. The molecule has 0 spiro atoms. The number of aryl methyl sites for hydroxylation is 1. The molecule has 1 N–H and O–H groups in total. The van der Waals surface area contributed by atoms with Gasteiger partial charge in [-0.25, -0.2) is 4.98 Å². The van der Waals surface area contributed by atoms with Gasteiger partial charge in [-0.2, -0.15) is 9.61 Å². The lowest BCUT2D eigenvalue weighted by Gasteiger charge is -2.14. The molecule has 0 aliphatic carbocycles. The quantitative estimate of drug-likeness (QED) is 0.467. The zero-order valence-electron chi connectivity index (χ0n) is 14.3. The zero-order chi connectivity index (χ0) is 18.3. The molecule has 0 unspecified atom stereocenters. The third kappa shape index (κ3) is 2.91. The topological polar surface area (TPSA) is 42.2 Å². The molecule has 26 heavy (non-hydrogen) atoms. The van der Waals surface area contributed by atoms with Crippen LogP contribution in [0.3, 0.4) is 0 Å². The summed E-state index contributed by atoms with van der Waals surface area (Å²) >= 11 is 12.2. The van der Waals surface area contributed by atoms with E-state index in [0.717, 1.165) is 39.5 Å². The lowest BCUT2D eigenvalue weighted by atomic mass is 10.1. The molecule has 2 aromatic heterocycles. The minimum Gasteiger partial charge on any atom is -0.340 e.